The number of carbonyl (C=O) groups is 1. The van der Waals surface area contributed by atoms with Crippen LogP contribution in [0.15, 0.2) is 66.7 Å². The first-order chi connectivity index (χ1) is 17.5. The van der Waals surface area contributed by atoms with E-state index in [0.29, 0.717) is 42.6 Å². The molecule has 0 radical (unpaired) electrons. The Morgan fingerprint density at radius 1 is 0.944 bits per heavy atom. The molecule has 3 aromatic carbocycles. The summed E-state index contributed by atoms with van der Waals surface area (Å²) in [5.41, 5.74) is 2.93. The molecular formula is C29H33NO6. The maximum atomic E-state index is 11.8. The van der Waals surface area contributed by atoms with Crippen LogP contribution in [0.5, 0.6) is 23.0 Å². The Labute approximate surface area is 212 Å². The molecule has 2 atom stereocenters. The predicted molar refractivity (Wildman–Crippen MR) is 137 cm³/mol. The molecule has 0 spiro atoms. The van der Waals surface area contributed by atoms with Crippen LogP contribution in [0.25, 0.3) is 0 Å². The van der Waals surface area contributed by atoms with E-state index in [1.165, 1.54) is 0 Å². The van der Waals surface area contributed by atoms with Gasteiger partial charge >= 0.3 is 5.97 Å². The van der Waals surface area contributed by atoms with Crippen molar-refractivity contribution in [3.05, 3.63) is 83.4 Å². The Balaban J connectivity index is 1.73. The van der Waals surface area contributed by atoms with Gasteiger partial charge in [0.25, 0.3) is 0 Å². The number of carboxylic acid groups (broad SMARTS) is 1. The number of ether oxygens (including phenoxy) is 4. The maximum absolute atomic E-state index is 11.8. The van der Waals surface area contributed by atoms with Crippen LogP contribution in [-0.4, -0.2) is 50.4 Å². The number of para-hydroxylation sites is 1. The molecule has 2 unspecified atom stereocenters. The molecule has 3 aromatic rings. The average molecular weight is 492 g/mol. The lowest BCUT2D eigenvalue weighted by atomic mass is 9.90. The van der Waals surface area contributed by atoms with Crippen LogP contribution in [0.1, 0.15) is 35.6 Å². The van der Waals surface area contributed by atoms with Crippen molar-refractivity contribution in [1.29, 1.82) is 0 Å². The minimum Gasteiger partial charge on any atom is -0.493 e. The molecule has 190 valence electrons. The largest absolute Gasteiger partial charge is 0.493 e. The number of aliphatic carboxylic acids is 1. The smallest absolute Gasteiger partial charge is 0.307 e. The quantitative estimate of drug-likeness (QED) is 0.419. The van der Waals surface area contributed by atoms with Gasteiger partial charge in [0, 0.05) is 12.1 Å². The van der Waals surface area contributed by atoms with Crippen molar-refractivity contribution in [1.82, 2.24) is 4.90 Å². The molecule has 7 heteroatoms. The highest BCUT2D eigenvalue weighted by molar-refractivity contribution is 5.70. The van der Waals surface area contributed by atoms with Crippen LogP contribution in [0.4, 0.5) is 0 Å². The highest BCUT2D eigenvalue weighted by Gasteiger charge is 2.33. The number of hydrogen-bond acceptors (Lipinski definition) is 6. The molecule has 1 aliphatic heterocycles. The SMILES string of the molecule is COc1cc(C(c2cccc(OC)c2OC)N2CCCC(C(=O)O)C2)ccc1OCc1ccccc1. The van der Waals surface area contributed by atoms with Crippen molar-refractivity contribution >= 4 is 5.97 Å². The highest BCUT2D eigenvalue weighted by atomic mass is 16.5. The van der Waals surface area contributed by atoms with Gasteiger partial charge in [-0.15, -0.1) is 0 Å². The predicted octanol–water partition coefficient (Wildman–Crippen LogP) is 5.18. The number of hydrogen-bond donors (Lipinski definition) is 1. The molecule has 1 heterocycles. The molecule has 36 heavy (non-hydrogen) atoms. The molecule has 0 bridgehead atoms. The molecule has 7 nitrogen and oxygen atoms in total. The standard InChI is InChI=1S/C29H33NO6/c1-33-25-13-7-12-23(28(25)35-3)27(30-16-8-11-22(18-30)29(31)32)21-14-15-24(26(17-21)34-2)36-19-20-9-5-4-6-10-20/h4-7,9-10,12-15,17,22,27H,8,11,16,18-19H2,1-3H3,(H,31,32). The zero-order chi connectivity index (χ0) is 25.5. The maximum Gasteiger partial charge on any atom is 0.307 e. The van der Waals surface area contributed by atoms with Gasteiger partial charge in [-0.05, 0) is 48.7 Å². The average Bonchev–Trinajstić information content (AvgIpc) is 2.92. The van der Waals surface area contributed by atoms with Gasteiger partial charge in [-0.1, -0.05) is 48.5 Å². The zero-order valence-electron chi connectivity index (χ0n) is 21.0. The van der Waals surface area contributed by atoms with E-state index in [1.54, 1.807) is 21.3 Å². The Morgan fingerprint density at radius 3 is 2.42 bits per heavy atom. The van der Waals surface area contributed by atoms with Crippen LogP contribution in [0, 0.1) is 5.92 Å². The van der Waals surface area contributed by atoms with Gasteiger partial charge in [-0.2, -0.15) is 0 Å². The minimum absolute atomic E-state index is 0.255. The van der Waals surface area contributed by atoms with Crippen molar-refractivity contribution < 1.29 is 28.8 Å². The summed E-state index contributed by atoms with van der Waals surface area (Å²) in [6, 6.07) is 21.4. The van der Waals surface area contributed by atoms with Crippen molar-refractivity contribution in [2.45, 2.75) is 25.5 Å². The first-order valence-corrected chi connectivity index (χ1v) is 12.1. The Morgan fingerprint density at radius 2 is 1.72 bits per heavy atom. The monoisotopic (exact) mass is 491 g/mol. The molecule has 0 aliphatic carbocycles. The number of nitrogens with zero attached hydrogens (tertiary/aromatic N) is 1. The lowest BCUT2D eigenvalue weighted by Crippen LogP contribution is -2.41. The lowest BCUT2D eigenvalue weighted by molar-refractivity contribution is -0.143. The number of methoxy groups -OCH3 is 3. The summed E-state index contributed by atoms with van der Waals surface area (Å²) in [6.07, 6.45) is 1.47. The molecule has 4 rings (SSSR count). The summed E-state index contributed by atoms with van der Waals surface area (Å²) in [6.45, 7) is 1.63. The van der Waals surface area contributed by atoms with Gasteiger partial charge in [0.2, 0.25) is 0 Å². The fourth-order valence-electron chi connectivity index (χ4n) is 4.87. The third kappa shape index (κ3) is 5.57. The lowest BCUT2D eigenvalue weighted by Gasteiger charge is -2.38. The molecule has 0 aromatic heterocycles. The van der Waals surface area contributed by atoms with E-state index in [-0.39, 0.29) is 6.04 Å². The molecule has 0 saturated carbocycles. The fraction of sp³-hybridized carbons (Fsp3) is 0.345. The normalized spacial score (nSPS) is 16.7. The van der Waals surface area contributed by atoms with Gasteiger partial charge in [0.15, 0.2) is 23.0 Å². The third-order valence-electron chi connectivity index (χ3n) is 6.64. The number of likely N-dealkylation sites (tertiary alicyclic amines) is 1. The molecule has 0 amide bonds. The van der Waals surface area contributed by atoms with Crippen LogP contribution >= 0.6 is 0 Å². The van der Waals surface area contributed by atoms with Crippen molar-refractivity contribution in [2.24, 2.45) is 5.92 Å². The van der Waals surface area contributed by atoms with E-state index in [1.807, 2.05) is 66.7 Å². The van der Waals surface area contributed by atoms with Gasteiger partial charge in [0.1, 0.15) is 6.61 Å². The first kappa shape index (κ1) is 25.4. The summed E-state index contributed by atoms with van der Waals surface area (Å²) >= 11 is 0. The van der Waals surface area contributed by atoms with Gasteiger partial charge in [-0.3, -0.25) is 9.69 Å². The number of carboxylic acids is 1. The Bertz CT molecular complexity index is 1170. The Hall–Kier alpha value is -3.71. The van der Waals surface area contributed by atoms with E-state index < -0.39 is 11.9 Å². The van der Waals surface area contributed by atoms with Gasteiger partial charge in [-0.25, -0.2) is 0 Å². The van der Waals surface area contributed by atoms with Gasteiger partial charge < -0.3 is 24.1 Å². The second kappa shape index (κ2) is 11.8. The fourth-order valence-corrected chi connectivity index (χ4v) is 4.87. The molecule has 1 fully saturated rings. The van der Waals surface area contributed by atoms with Crippen molar-refractivity contribution in [3.8, 4) is 23.0 Å². The van der Waals surface area contributed by atoms with E-state index in [0.717, 1.165) is 29.7 Å². The molecular weight excluding hydrogens is 458 g/mol. The summed E-state index contributed by atoms with van der Waals surface area (Å²) in [5, 5.41) is 9.73. The van der Waals surface area contributed by atoms with E-state index >= 15 is 0 Å². The minimum atomic E-state index is -0.765. The van der Waals surface area contributed by atoms with Crippen molar-refractivity contribution in [2.75, 3.05) is 34.4 Å². The second-order valence-electron chi connectivity index (χ2n) is 8.84. The summed E-state index contributed by atoms with van der Waals surface area (Å²) in [5.74, 6) is 1.32. The van der Waals surface area contributed by atoms with E-state index in [2.05, 4.69) is 4.90 Å². The number of rotatable bonds is 10. The van der Waals surface area contributed by atoms with E-state index in [9.17, 15) is 9.90 Å². The molecule has 1 aliphatic rings. The zero-order valence-corrected chi connectivity index (χ0v) is 21.0. The number of piperidine rings is 1. The van der Waals surface area contributed by atoms with Crippen LogP contribution in [-0.2, 0) is 11.4 Å². The van der Waals surface area contributed by atoms with Crippen molar-refractivity contribution in [3.63, 3.8) is 0 Å². The first-order valence-electron chi connectivity index (χ1n) is 12.1. The summed E-state index contributed by atoms with van der Waals surface area (Å²) < 4.78 is 23.1. The molecule has 1 saturated heterocycles. The van der Waals surface area contributed by atoms with Crippen LogP contribution in [0.2, 0.25) is 0 Å². The third-order valence-corrected chi connectivity index (χ3v) is 6.64. The Kier molecular flexibility index (Phi) is 8.33. The summed E-state index contributed by atoms with van der Waals surface area (Å²) in [7, 11) is 4.85. The van der Waals surface area contributed by atoms with Crippen LogP contribution in [0.3, 0.4) is 0 Å². The second-order valence-corrected chi connectivity index (χ2v) is 8.84. The summed E-state index contributed by atoms with van der Waals surface area (Å²) in [4.78, 5) is 14.1. The van der Waals surface area contributed by atoms with E-state index in [4.69, 9.17) is 18.9 Å². The molecule has 1 N–H and O–H groups in total. The van der Waals surface area contributed by atoms with Crippen LogP contribution < -0.4 is 18.9 Å². The number of benzene rings is 3. The topological polar surface area (TPSA) is 77.5 Å². The highest BCUT2D eigenvalue weighted by Crippen LogP contribution is 2.43. The van der Waals surface area contributed by atoms with Gasteiger partial charge in [0.05, 0.1) is 33.3 Å².